The molecule has 0 atom stereocenters. The van der Waals surface area contributed by atoms with Gasteiger partial charge in [-0.2, -0.15) is 0 Å². The molecule has 0 saturated carbocycles. The number of halogens is 1. The van der Waals surface area contributed by atoms with Crippen molar-refractivity contribution >= 4 is 34.2 Å². The molecule has 0 aliphatic rings. The van der Waals surface area contributed by atoms with Gasteiger partial charge in [-0.1, -0.05) is 11.6 Å². The molecule has 7 heteroatoms. The Morgan fingerprint density at radius 1 is 1.12 bits per heavy atom. The second kappa shape index (κ2) is 6.86. The second-order valence-corrected chi connectivity index (χ2v) is 5.63. The van der Waals surface area contributed by atoms with Crippen molar-refractivity contribution < 1.29 is 18.7 Å². The first kappa shape index (κ1) is 16.9. The van der Waals surface area contributed by atoms with Gasteiger partial charge in [0.15, 0.2) is 0 Å². The largest absolute Gasteiger partial charge is 0.497 e. The smallest absolute Gasteiger partial charge is 0.261 e. The van der Waals surface area contributed by atoms with Gasteiger partial charge in [0.1, 0.15) is 22.6 Å². The summed E-state index contributed by atoms with van der Waals surface area (Å²) in [5.74, 6) is 0.561. The van der Waals surface area contributed by atoms with Crippen LogP contribution in [0.15, 0.2) is 46.9 Å². The average molecular weight is 359 g/mol. The molecule has 1 amide bonds. The molecule has 2 aromatic carbocycles. The average Bonchev–Trinajstić information content (AvgIpc) is 2.61. The highest BCUT2D eigenvalue weighted by molar-refractivity contribution is 6.31. The fraction of sp³-hybridized carbons (Fsp3) is 0.111. The van der Waals surface area contributed by atoms with Crippen LogP contribution in [0.5, 0.6) is 11.5 Å². The van der Waals surface area contributed by atoms with E-state index >= 15 is 0 Å². The summed E-state index contributed by atoms with van der Waals surface area (Å²) in [5.41, 5.74) is 0.791. The normalized spacial score (nSPS) is 10.5. The molecule has 0 spiro atoms. The second-order valence-electron chi connectivity index (χ2n) is 5.19. The van der Waals surface area contributed by atoms with Crippen LogP contribution in [0, 0.1) is 5.41 Å². The van der Waals surface area contributed by atoms with Crippen LogP contribution in [-0.4, -0.2) is 20.1 Å². The molecule has 0 bridgehead atoms. The van der Waals surface area contributed by atoms with E-state index in [9.17, 15) is 4.79 Å². The van der Waals surface area contributed by atoms with Gasteiger partial charge in [-0.25, -0.2) is 0 Å². The van der Waals surface area contributed by atoms with Gasteiger partial charge in [-0.15, -0.1) is 0 Å². The van der Waals surface area contributed by atoms with Gasteiger partial charge in [-0.3, -0.25) is 10.2 Å². The molecule has 0 aliphatic heterocycles. The summed E-state index contributed by atoms with van der Waals surface area (Å²) < 4.78 is 15.8. The van der Waals surface area contributed by atoms with E-state index in [-0.39, 0.29) is 11.1 Å². The molecular formula is C18H15ClN2O4. The molecule has 3 rings (SSSR count). The number of rotatable bonds is 4. The highest BCUT2D eigenvalue weighted by atomic mass is 35.5. The first-order valence-corrected chi connectivity index (χ1v) is 7.71. The van der Waals surface area contributed by atoms with E-state index in [2.05, 4.69) is 5.32 Å². The molecule has 6 nitrogen and oxygen atoms in total. The number of carbonyl (C=O) groups is 1. The number of anilines is 1. The van der Waals surface area contributed by atoms with Crippen LogP contribution in [0.25, 0.3) is 11.0 Å². The number of amides is 1. The number of carbonyl (C=O) groups excluding carboxylic acids is 1. The fourth-order valence-electron chi connectivity index (χ4n) is 2.37. The molecule has 0 unspecified atom stereocenters. The quantitative estimate of drug-likeness (QED) is 0.742. The van der Waals surface area contributed by atoms with Gasteiger partial charge in [-0.05, 0) is 36.4 Å². The van der Waals surface area contributed by atoms with Crippen LogP contribution in [0.2, 0.25) is 5.02 Å². The highest BCUT2D eigenvalue weighted by Gasteiger charge is 2.15. The number of methoxy groups -OCH3 is 2. The molecule has 0 radical (unpaired) electrons. The minimum Gasteiger partial charge on any atom is -0.497 e. The third kappa shape index (κ3) is 3.44. The molecule has 0 saturated heterocycles. The van der Waals surface area contributed by atoms with Gasteiger partial charge in [0.25, 0.3) is 5.91 Å². The highest BCUT2D eigenvalue weighted by Crippen LogP contribution is 2.29. The number of hydrogen-bond donors (Lipinski definition) is 2. The molecule has 2 N–H and O–H groups in total. The molecule has 128 valence electrons. The van der Waals surface area contributed by atoms with Gasteiger partial charge in [0, 0.05) is 16.5 Å². The maximum atomic E-state index is 12.6. The molecule has 0 fully saturated rings. The summed E-state index contributed by atoms with van der Waals surface area (Å²) in [4.78, 5) is 12.6. The lowest BCUT2D eigenvalue weighted by Crippen LogP contribution is -2.21. The van der Waals surface area contributed by atoms with Crippen LogP contribution < -0.4 is 20.3 Å². The number of hydrogen-bond acceptors (Lipinski definition) is 5. The van der Waals surface area contributed by atoms with Crippen molar-refractivity contribution in [3.63, 3.8) is 0 Å². The van der Waals surface area contributed by atoms with Crippen LogP contribution in [0.1, 0.15) is 10.4 Å². The van der Waals surface area contributed by atoms with E-state index < -0.39 is 5.91 Å². The Hall–Kier alpha value is -2.99. The third-order valence-electron chi connectivity index (χ3n) is 3.63. The summed E-state index contributed by atoms with van der Waals surface area (Å²) in [7, 11) is 3.04. The predicted octanol–water partition coefficient (Wildman–Crippen LogP) is 3.84. The van der Waals surface area contributed by atoms with Crippen LogP contribution in [0.4, 0.5) is 5.69 Å². The van der Waals surface area contributed by atoms with Crippen molar-refractivity contribution in [2.45, 2.75) is 0 Å². The van der Waals surface area contributed by atoms with Crippen LogP contribution in [-0.2, 0) is 0 Å². The Bertz CT molecular complexity index is 1010. The lowest BCUT2D eigenvalue weighted by Gasteiger charge is -2.11. The van der Waals surface area contributed by atoms with Crippen molar-refractivity contribution in [1.82, 2.24) is 0 Å². The van der Waals surface area contributed by atoms with Crippen molar-refractivity contribution in [3.05, 3.63) is 58.6 Å². The molecule has 0 aliphatic carbocycles. The predicted molar refractivity (Wildman–Crippen MR) is 94.6 cm³/mol. The maximum absolute atomic E-state index is 12.6. The maximum Gasteiger partial charge on any atom is 0.261 e. The monoisotopic (exact) mass is 358 g/mol. The van der Waals surface area contributed by atoms with E-state index in [0.717, 1.165) is 0 Å². The van der Waals surface area contributed by atoms with E-state index in [1.807, 2.05) is 0 Å². The van der Waals surface area contributed by atoms with E-state index in [1.54, 1.807) is 49.6 Å². The topological polar surface area (TPSA) is 84.5 Å². The fourth-order valence-corrected chi connectivity index (χ4v) is 2.55. The number of nitrogens with one attached hydrogen (secondary N) is 2. The Morgan fingerprint density at radius 3 is 2.64 bits per heavy atom. The van der Waals surface area contributed by atoms with Crippen molar-refractivity contribution in [2.75, 3.05) is 19.5 Å². The Labute approximate surface area is 148 Å². The van der Waals surface area contributed by atoms with Gasteiger partial charge < -0.3 is 19.2 Å². The van der Waals surface area contributed by atoms with Crippen molar-refractivity contribution in [1.29, 1.82) is 5.41 Å². The Morgan fingerprint density at radius 2 is 1.92 bits per heavy atom. The summed E-state index contributed by atoms with van der Waals surface area (Å²) >= 11 is 5.97. The minimum absolute atomic E-state index is 0.0904. The van der Waals surface area contributed by atoms with Gasteiger partial charge in [0.05, 0.1) is 19.9 Å². The number of ether oxygens (including phenoxy) is 2. The number of fused-ring (bicyclic) bond motifs is 1. The summed E-state index contributed by atoms with van der Waals surface area (Å²) in [5, 5.41) is 11.8. The molecule has 1 aromatic heterocycles. The van der Waals surface area contributed by atoms with Crippen molar-refractivity contribution in [3.8, 4) is 11.5 Å². The lowest BCUT2D eigenvalue weighted by atomic mass is 10.1. The molecule has 3 aromatic rings. The zero-order chi connectivity index (χ0) is 18.0. The Kier molecular flexibility index (Phi) is 4.63. The molecule has 1 heterocycles. The molecule has 25 heavy (non-hydrogen) atoms. The standard InChI is InChI=1S/C18H15ClN2O4/c1-23-12-4-5-14(16(9-12)24-2)21-18(22)13-8-10-7-11(19)3-6-15(10)25-17(13)20/h3-9,20H,1-2H3,(H,21,22). The summed E-state index contributed by atoms with van der Waals surface area (Å²) in [6.45, 7) is 0. The zero-order valence-electron chi connectivity index (χ0n) is 13.6. The zero-order valence-corrected chi connectivity index (χ0v) is 14.3. The summed E-state index contributed by atoms with van der Waals surface area (Å²) in [6.07, 6.45) is 0. The SMILES string of the molecule is COc1ccc(NC(=O)c2cc3cc(Cl)ccc3oc2=N)c(OC)c1. The Balaban J connectivity index is 1.97. The van der Waals surface area contributed by atoms with Crippen molar-refractivity contribution in [2.24, 2.45) is 0 Å². The van der Waals surface area contributed by atoms with E-state index in [1.165, 1.54) is 7.11 Å². The first-order chi connectivity index (χ1) is 12.0. The summed E-state index contributed by atoms with van der Waals surface area (Å²) in [6, 6.07) is 11.6. The lowest BCUT2D eigenvalue weighted by molar-refractivity contribution is 0.102. The van der Waals surface area contributed by atoms with E-state index in [4.69, 9.17) is 30.9 Å². The first-order valence-electron chi connectivity index (χ1n) is 7.33. The molecular weight excluding hydrogens is 344 g/mol. The van der Waals surface area contributed by atoms with Gasteiger partial charge >= 0.3 is 0 Å². The number of benzene rings is 2. The van der Waals surface area contributed by atoms with Crippen LogP contribution in [0.3, 0.4) is 0 Å². The van der Waals surface area contributed by atoms with Gasteiger partial charge in [0.2, 0.25) is 5.55 Å². The van der Waals surface area contributed by atoms with Crippen LogP contribution >= 0.6 is 11.6 Å². The minimum atomic E-state index is -0.487. The van der Waals surface area contributed by atoms with E-state index in [0.29, 0.717) is 33.2 Å². The third-order valence-corrected chi connectivity index (χ3v) is 3.86.